The summed E-state index contributed by atoms with van der Waals surface area (Å²) in [6.45, 7) is 0. The number of halogens is 2. The van der Waals surface area contributed by atoms with E-state index in [1.54, 1.807) is 25.6 Å². The second kappa shape index (κ2) is 5.87. The molecule has 1 N–H and O–H groups in total. The van der Waals surface area contributed by atoms with Gasteiger partial charge in [0.05, 0.1) is 24.0 Å². The molecule has 0 saturated carbocycles. The molecule has 2 aromatic heterocycles. The summed E-state index contributed by atoms with van der Waals surface area (Å²) in [5.41, 5.74) is 2.54. The van der Waals surface area contributed by atoms with Crippen LogP contribution in [0.2, 0.25) is 5.02 Å². The molecule has 0 spiro atoms. The second-order valence-electron chi connectivity index (χ2n) is 4.36. The van der Waals surface area contributed by atoms with E-state index in [4.69, 9.17) is 16.3 Å². The molecule has 0 unspecified atom stereocenters. The number of hydrogen-bond acceptors (Lipinski definition) is 3. The van der Waals surface area contributed by atoms with Crippen LogP contribution in [0.15, 0.2) is 47.2 Å². The first-order valence-corrected chi connectivity index (χ1v) is 7.35. The Morgan fingerprint density at radius 3 is 2.57 bits per heavy atom. The molecule has 0 aliphatic heterocycles. The van der Waals surface area contributed by atoms with Gasteiger partial charge in [-0.3, -0.25) is 4.98 Å². The predicted molar refractivity (Wildman–Crippen MR) is 86.5 cm³/mol. The fourth-order valence-corrected chi connectivity index (χ4v) is 2.67. The summed E-state index contributed by atoms with van der Waals surface area (Å²) in [5.74, 6) is 1.45. The van der Waals surface area contributed by atoms with Crippen LogP contribution < -0.4 is 4.74 Å². The van der Waals surface area contributed by atoms with Crippen molar-refractivity contribution >= 4 is 27.5 Å². The third kappa shape index (κ3) is 2.94. The highest BCUT2D eigenvalue weighted by Crippen LogP contribution is 2.28. The number of methoxy groups -OCH3 is 1. The lowest BCUT2D eigenvalue weighted by molar-refractivity contribution is 0.415. The summed E-state index contributed by atoms with van der Waals surface area (Å²) >= 11 is 9.52. The third-order valence-corrected chi connectivity index (χ3v) is 3.73. The molecule has 2 heterocycles. The van der Waals surface area contributed by atoms with Crippen LogP contribution in [0.5, 0.6) is 5.75 Å². The number of ether oxygens (including phenoxy) is 1. The summed E-state index contributed by atoms with van der Waals surface area (Å²) < 4.78 is 5.98. The monoisotopic (exact) mass is 363 g/mol. The van der Waals surface area contributed by atoms with Crippen LogP contribution in [0.3, 0.4) is 0 Å². The molecule has 3 aromatic rings. The molecule has 0 aliphatic carbocycles. The zero-order valence-electron chi connectivity index (χ0n) is 11.1. The Balaban J connectivity index is 1.95. The maximum atomic E-state index is 6.19. The topological polar surface area (TPSA) is 50.8 Å². The van der Waals surface area contributed by atoms with Gasteiger partial charge >= 0.3 is 0 Å². The summed E-state index contributed by atoms with van der Waals surface area (Å²) in [5, 5.41) is 0.542. The van der Waals surface area contributed by atoms with E-state index in [-0.39, 0.29) is 0 Å². The fourth-order valence-electron chi connectivity index (χ4n) is 1.95. The minimum absolute atomic E-state index is 0.542. The highest BCUT2D eigenvalue weighted by atomic mass is 79.9. The average molecular weight is 365 g/mol. The molecule has 0 saturated heterocycles. The van der Waals surface area contributed by atoms with E-state index in [0.717, 1.165) is 21.5 Å². The highest BCUT2D eigenvalue weighted by Gasteiger charge is 2.10. The Labute approximate surface area is 135 Å². The van der Waals surface area contributed by atoms with Gasteiger partial charge in [0.1, 0.15) is 11.4 Å². The smallest absolute Gasteiger partial charge is 0.158 e. The van der Waals surface area contributed by atoms with Gasteiger partial charge in [0.25, 0.3) is 0 Å². The summed E-state index contributed by atoms with van der Waals surface area (Å²) in [7, 11) is 1.64. The second-order valence-corrected chi connectivity index (χ2v) is 5.68. The number of rotatable bonds is 3. The number of nitrogens with zero attached hydrogens (tertiary/aromatic N) is 2. The molecule has 0 atom stereocenters. The number of aromatic nitrogens is 3. The van der Waals surface area contributed by atoms with E-state index < -0.39 is 0 Å². The van der Waals surface area contributed by atoms with Gasteiger partial charge in [0.2, 0.25) is 0 Å². The lowest BCUT2D eigenvalue weighted by Crippen LogP contribution is -1.87. The average Bonchev–Trinajstić information content (AvgIpc) is 2.97. The molecule has 0 amide bonds. The van der Waals surface area contributed by atoms with Crippen molar-refractivity contribution in [3.8, 4) is 28.5 Å². The van der Waals surface area contributed by atoms with Crippen molar-refractivity contribution in [2.45, 2.75) is 0 Å². The van der Waals surface area contributed by atoms with E-state index in [9.17, 15) is 0 Å². The predicted octanol–water partition coefficient (Wildman–Crippen LogP) is 4.56. The number of imidazole rings is 1. The number of pyridine rings is 1. The van der Waals surface area contributed by atoms with Crippen molar-refractivity contribution in [3.05, 3.63) is 52.2 Å². The fraction of sp³-hybridized carbons (Fsp3) is 0.0667. The van der Waals surface area contributed by atoms with Gasteiger partial charge in [-0.1, -0.05) is 11.6 Å². The van der Waals surface area contributed by atoms with Gasteiger partial charge in [-0.25, -0.2) is 4.98 Å². The molecule has 6 heteroatoms. The van der Waals surface area contributed by atoms with Crippen molar-refractivity contribution in [3.63, 3.8) is 0 Å². The maximum absolute atomic E-state index is 6.19. The first-order valence-electron chi connectivity index (χ1n) is 6.18. The van der Waals surface area contributed by atoms with E-state index in [1.165, 1.54) is 0 Å². The lowest BCUT2D eigenvalue weighted by atomic mass is 10.2. The molecule has 0 radical (unpaired) electrons. The molecule has 0 aliphatic rings. The first kappa shape index (κ1) is 14.1. The van der Waals surface area contributed by atoms with E-state index in [0.29, 0.717) is 16.5 Å². The number of nitrogens with one attached hydrogen (secondary N) is 1. The van der Waals surface area contributed by atoms with Crippen molar-refractivity contribution in [1.29, 1.82) is 0 Å². The number of H-pyrrole nitrogens is 1. The van der Waals surface area contributed by atoms with Gasteiger partial charge in [-0.15, -0.1) is 0 Å². The standard InChI is InChI=1S/C15H11BrClN3O/c1-21-11-4-2-9(3-5-11)13-8-19-15(20-13)14-12(17)6-10(16)7-18-14/h2-8H,1H3,(H,19,20). The van der Waals surface area contributed by atoms with Crippen LogP contribution in [0.1, 0.15) is 0 Å². The van der Waals surface area contributed by atoms with Crippen molar-refractivity contribution in [1.82, 2.24) is 15.0 Å². The number of hydrogen-bond donors (Lipinski definition) is 1. The van der Waals surface area contributed by atoms with E-state index >= 15 is 0 Å². The Morgan fingerprint density at radius 2 is 1.90 bits per heavy atom. The summed E-state index contributed by atoms with van der Waals surface area (Å²) in [6.07, 6.45) is 3.45. The van der Waals surface area contributed by atoms with Crippen LogP contribution in [0, 0.1) is 0 Å². The van der Waals surface area contributed by atoms with Crippen LogP contribution in [-0.4, -0.2) is 22.1 Å². The Morgan fingerprint density at radius 1 is 1.14 bits per heavy atom. The molecular weight excluding hydrogens is 354 g/mol. The van der Waals surface area contributed by atoms with Gasteiger partial charge in [0.15, 0.2) is 5.82 Å². The third-order valence-electron chi connectivity index (χ3n) is 3.01. The Kier molecular flexibility index (Phi) is 3.94. The van der Waals surface area contributed by atoms with Crippen LogP contribution in [0.4, 0.5) is 0 Å². The van der Waals surface area contributed by atoms with Crippen LogP contribution in [0.25, 0.3) is 22.8 Å². The molecule has 106 valence electrons. The van der Waals surface area contributed by atoms with Crippen molar-refractivity contribution < 1.29 is 4.74 Å². The molecule has 4 nitrogen and oxygen atoms in total. The van der Waals surface area contributed by atoms with Crippen molar-refractivity contribution in [2.24, 2.45) is 0 Å². The van der Waals surface area contributed by atoms with Gasteiger partial charge < -0.3 is 9.72 Å². The molecule has 3 rings (SSSR count). The largest absolute Gasteiger partial charge is 0.497 e. The van der Waals surface area contributed by atoms with Crippen LogP contribution >= 0.6 is 27.5 Å². The minimum Gasteiger partial charge on any atom is -0.497 e. The van der Waals surface area contributed by atoms with Crippen molar-refractivity contribution in [2.75, 3.05) is 7.11 Å². The molecule has 1 aromatic carbocycles. The Bertz CT molecular complexity index is 771. The van der Waals surface area contributed by atoms with E-state index in [1.807, 2.05) is 24.3 Å². The lowest BCUT2D eigenvalue weighted by Gasteiger charge is -2.02. The summed E-state index contributed by atoms with van der Waals surface area (Å²) in [6, 6.07) is 9.53. The maximum Gasteiger partial charge on any atom is 0.158 e. The molecule has 0 bridgehead atoms. The Hall–Kier alpha value is -1.85. The van der Waals surface area contributed by atoms with Gasteiger partial charge in [-0.05, 0) is 51.8 Å². The van der Waals surface area contributed by atoms with Gasteiger partial charge in [-0.2, -0.15) is 0 Å². The normalized spacial score (nSPS) is 10.6. The highest BCUT2D eigenvalue weighted by molar-refractivity contribution is 9.10. The zero-order chi connectivity index (χ0) is 14.8. The van der Waals surface area contributed by atoms with Gasteiger partial charge in [0, 0.05) is 10.7 Å². The molecule has 21 heavy (non-hydrogen) atoms. The van der Waals surface area contributed by atoms with Crippen LogP contribution in [-0.2, 0) is 0 Å². The number of aromatic amines is 1. The minimum atomic E-state index is 0.542. The quantitative estimate of drug-likeness (QED) is 0.741. The summed E-state index contributed by atoms with van der Waals surface area (Å²) in [4.78, 5) is 11.9. The molecular formula is C15H11BrClN3O. The number of benzene rings is 1. The van der Waals surface area contributed by atoms with E-state index in [2.05, 4.69) is 30.9 Å². The zero-order valence-corrected chi connectivity index (χ0v) is 13.4. The molecule has 0 fully saturated rings. The first-order chi connectivity index (χ1) is 10.2. The SMILES string of the molecule is COc1ccc(-c2cnc(-c3ncc(Br)cc3Cl)[nH]2)cc1.